The molecule has 0 amide bonds. The maximum absolute atomic E-state index is 11.9. The van der Waals surface area contributed by atoms with Crippen molar-refractivity contribution in [3.05, 3.63) is 12.2 Å². The molecule has 0 bridgehead atoms. The number of hydrogen-bond acceptors (Lipinski definition) is 2. The van der Waals surface area contributed by atoms with Gasteiger partial charge in [-0.25, -0.2) is 0 Å². The molecule has 30 heavy (non-hydrogen) atoms. The van der Waals surface area contributed by atoms with Gasteiger partial charge in [0.2, 0.25) is 0 Å². The molecule has 1 atom stereocenters. The first-order chi connectivity index (χ1) is 14.7. The second-order valence-electron chi connectivity index (χ2n) is 9.28. The zero-order valence-corrected chi connectivity index (χ0v) is 20.6. The third-order valence-electron chi connectivity index (χ3n) is 6.10. The number of unbranched alkanes of at least 4 members (excludes halogenated alkanes) is 15. The van der Waals surface area contributed by atoms with Crippen molar-refractivity contribution in [3.63, 3.8) is 0 Å². The van der Waals surface area contributed by atoms with E-state index in [4.69, 9.17) is 0 Å². The van der Waals surface area contributed by atoms with Gasteiger partial charge in [0.05, 0.1) is 6.10 Å². The highest BCUT2D eigenvalue weighted by atomic mass is 16.3. The van der Waals surface area contributed by atoms with E-state index in [2.05, 4.69) is 26.0 Å². The summed E-state index contributed by atoms with van der Waals surface area (Å²) in [6, 6.07) is 0. The lowest BCUT2D eigenvalue weighted by atomic mass is 10.0. The van der Waals surface area contributed by atoms with Crippen LogP contribution >= 0.6 is 0 Å². The Labute approximate surface area is 189 Å². The Morgan fingerprint density at radius 3 is 1.67 bits per heavy atom. The maximum atomic E-state index is 11.9. The summed E-state index contributed by atoms with van der Waals surface area (Å²) in [6.45, 7) is 4.48. The van der Waals surface area contributed by atoms with E-state index in [1.54, 1.807) is 0 Å². The third-order valence-corrected chi connectivity index (χ3v) is 6.10. The van der Waals surface area contributed by atoms with Gasteiger partial charge in [0.25, 0.3) is 0 Å². The lowest BCUT2D eigenvalue weighted by Crippen LogP contribution is -2.04. The molecule has 0 aromatic rings. The number of Topliss-reactive ketones (excluding diaryl/α,β-unsaturated/α-hetero) is 1. The summed E-state index contributed by atoms with van der Waals surface area (Å²) in [5.41, 5.74) is 0. The topological polar surface area (TPSA) is 37.3 Å². The highest BCUT2D eigenvalue weighted by molar-refractivity contribution is 5.78. The summed E-state index contributed by atoms with van der Waals surface area (Å²) >= 11 is 0. The van der Waals surface area contributed by atoms with Gasteiger partial charge in [-0.05, 0) is 38.5 Å². The van der Waals surface area contributed by atoms with Crippen LogP contribution in [0.25, 0.3) is 0 Å². The minimum Gasteiger partial charge on any atom is -0.393 e. The molecule has 178 valence electrons. The number of ketones is 1. The van der Waals surface area contributed by atoms with Gasteiger partial charge in [0, 0.05) is 12.8 Å². The predicted octanol–water partition coefficient (Wildman–Crippen LogP) is 9.09. The molecule has 0 radical (unpaired) electrons. The summed E-state index contributed by atoms with van der Waals surface area (Å²) in [5.74, 6) is 0.483. The Morgan fingerprint density at radius 1 is 0.633 bits per heavy atom. The number of aliphatic hydroxyl groups is 1. The van der Waals surface area contributed by atoms with Gasteiger partial charge in [0.1, 0.15) is 5.78 Å². The van der Waals surface area contributed by atoms with Crippen LogP contribution in [0.2, 0.25) is 0 Å². The number of allylic oxidation sites excluding steroid dienone is 1. The normalized spacial score (nSPS) is 12.6. The van der Waals surface area contributed by atoms with Crippen molar-refractivity contribution >= 4 is 5.78 Å². The SMILES string of the molecule is CCCCCCCCCCC(=O)CCCCCCC/C=C\C[C@H](O)CCCCCC. The van der Waals surface area contributed by atoms with Crippen molar-refractivity contribution in [2.75, 3.05) is 0 Å². The molecule has 0 saturated carbocycles. The highest BCUT2D eigenvalue weighted by Crippen LogP contribution is 2.13. The highest BCUT2D eigenvalue weighted by Gasteiger charge is 2.02. The molecule has 0 fully saturated rings. The molecule has 0 aromatic carbocycles. The van der Waals surface area contributed by atoms with Crippen LogP contribution in [0.1, 0.15) is 155 Å². The van der Waals surface area contributed by atoms with Gasteiger partial charge in [-0.2, -0.15) is 0 Å². The average molecular weight is 423 g/mol. The standard InChI is InChI=1S/C28H54O2/c1-3-5-7-9-10-13-16-20-25-28(30)26-22-18-15-12-11-14-17-21-24-27(29)23-19-8-6-4-2/h17,21,27,29H,3-16,18-20,22-26H2,1-2H3/b21-17-/t27-/m1/s1. The van der Waals surface area contributed by atoms with E-state index >= 15 is 0 Å². The predicted molar refractivity (Wildman–Crippen MR) is 133 cm³/mol. The monoisotopic (exact) mass is 422 g/mol. The molecule has 0 aromatic heterocycles. The van der Waals surface area contributed by atoms with Crippen LogP contribution in [0.3, 0.4) is 0 Å². The molecule has 0 unspecified atom stereocenters. The molecule has 0 spiro atoms. The minimum atomic E-state index is -0.151. The minimum absolute atomic E-state index is 0.151. The number of rotatable bonds is 24. The van der Waals surface area contributed by atoms with E-state index in [1.165, 1.54) is 89.9 Å². The Kier molecular flexibility index (Phi) is 24.1. The summed E-state index contributed by atoms with van der Waals surface area (Å²) in [5, 5.41) is 9.93. The Hall–Kier alpha value is -0.630. The fourth-order valence-corrected chi connectivity index (χ4v) is 3.99. The van der Waals surface area contributed by atoms with Crippen LogP contribution in [0, 0.1) is 0 Å². The maximum Gasteiger partial charge on any atom is 0.132 e. The summed E-state index contributed by atoms with van der Waals surface area (Å²) < 4.78 is 0. The first-order valence-electron chi connectivity index (χ1n) is 13.5. The third kappa shape index (κ3) is 23.6. The zero-order chi connectivity index (χ0) is 22.1. The second kappa shape index (κ2) is 24.6. The second-order valence-corrected chi connectivity index (χ2v) is 9.28. The van der Waals surface area contributed by atoms with E-state index in [0.717, 1.165) is 51.4 Å². The van der Waals surface area contributed by atoms with E-state index < -0.39 is 0 Å². The van der Waals surface area contributed by atoms with Crippen LogP contribution in [0.4, 0.5) is 0 Å². The molecule has 0 aliphatic carbocycles. The fourth-order valence-electron chi connectivity index (χ4n) is 3.99. The van der Waals surface area contributed by atoms with Crippen LogP contribution in [0.15, 0.2) is 12.2 Å². The van der Waals surface area contributed by atoms with Crippen molar-refractivity contribution < 1.29 is 9.90 Å². The quantitative estimate of drug-likeness (QED) is 0.124. The molecular formula is C28H54O2. The van der Waals surface area contributed by atoms with Crippen LogP contribution in [0.5, 0.6) is 0 Å². The van der Waals surface area contributed by atoms with Crippen LogP contribution in [-0.4, -0.2) is 17.0 Å². The lowest BCUT2D eigenvalue weighted by Gasteiger charge is -2.07. The fraction of sp³-hybridized carbons (Fsp3) is 0.893. The Morgan fingerprint density at radius 2 is 1.10 bits per heavy atom. The van der Waals surface area contributed by atoms with Crippen molar-refractivity contribution in [1.29, 1.82) is 0 Å². The number of carbonyl (C=O) groups is 1. The van der Waals surface area contributed by atoms with Crippen molar-refractivity contribution in [1.82, 2.24) is 0 Å². The molecule has 0 rings (SSSR count). The van der Waals surface area contributed by atoms with Gasteiger partial charge >= 0.3 is 0 Å². The van der Waals surface area contributed by atoms with Crippen molar-refractivity contribution in [2.45, 2.75) is 161 Å². The van der Waals surface area contributed by atoms with Crippen LogP contribution < -0.4 is 0 Å². The summed E-state index contributed by atoms with van der Waals surface area (Å²) in [4.78, 5) is 11.9. The van der Waals surface area contributed by atoms with Crippen molar-refractivity contribution in [3.8, 4) is 0 Å². The van der Waals surface area contributed by atoms with E-state index in [9.17, 15) is 9.90 Å². The molecule has 0 saturated heterocycles. The molecule has 2 nitrogen and oxygen atoms in total. The Balaban J connectivity index is 3.30. The largest absolute Gasteiger partial charge is 0.393 e. The van der Waals surface area contributed by atoms with E-state index in [0.29, 0.717) is 5.78 Å². The molecule has 0 heterocycles. The molecule has 2 heteroatoms. The summed E-state index contributed by atoms with van der Waals surface area (Å²) in [6.07, 6.45) is 30.2. The smallest absolute Gasteiger partial charge is 0.132 e. The molecule has 0 aliphatic rings. The Bertz CT molecular complexity index is 375. The van der Waals surface area contributed by atoms with Gasteiger partial charge < -0.3 is 5.11 Å². The molecular weight excluding hydrogens is 368 g/mol. The van der Waals surface area contributed by atoms with Crippen LogP contribution in [-0.2, 0) is 4.79 Å². The van der Waals surface area contributed by atoms with Gasteiger partial charge in [0.15, 0.2) is 0 Å². The number of aliphatic hydroxyl groups excluding tert-OH is 1. The first-order valence-corrected chi connectivity index (χ1v) is 13.5. The first kappa shape index (κ1) is 29.4. The van der Waals surface area contributed by atoms with Crippen molar-refractivity contribution in [2.24, 2.45) is 0 Å². The lowest BCUT2D eigenvalue weighted by molar-refractivity contribution is -0.119. The van der Waals surface area contributed by atoms with E-state index in [-0.39, 0.29) is 6.10 Å². The van der Waals surface area contributed by atoms with E-state index in [1.807, 2.05) is 0 Å². The number of carbonyl (C=O) groups excluding carboxylic acids is 1. The molecule has 0 aliphatic heterocycles. The van der Waals surface area contributed by atoms with Gasteiger partial charge in [-0.3, -0.25) is 4.79 Å². The average Bonchev–Trinajstić information content (AvgIpc) is 2.74. The zero-order valence-electron chi connectivity index (χ0n) is 20.6. The van der Waals surface area contributed by atoms with Gasteiger partial charge in [-0.15, -0.1) is 0 Å². The molecule has 1 N–H and O–H groups in total. The van der Waals surface area contributed by atoms with Gasteiger partial charge in [-0.1, -0.05) is 116 Å². The summed E-state index contributed by atoms with van der Waals surface area (Å²) in [7, 11) is 0. The number of hydrogen-bond donors (Lipinski definition) is 1.